The number of nitrogens with one attached hydrogen (secondary N) is 1. The van der Waals surface area contributed by atoms with Crippen molar-refractivity contribution in [3.05, 3.63) is 82.8 Å². The van der Waals surface area contributed by atoms with Gasteiger partial charge in [-0.05, 0) is 29.8 Å². The van der Waals surface area contributed by atoms with E-state index >= 15 is 0 Å². The van der Waals surface area contributed by atoms with Crippen molar-refractivity contribution >= 4 is 10.9 Å². The van der Waals surface area contributed by atoms with Crippen molar-refractivity contribution in [2.75, 3.05) is 0 Å². The zero-order valence-corrected chi connectivity index (χ0v) is 14.4. The molecule has 5 nitrogen and oxygen atoms in total. The second kappa shape index (κ2) is 6.88. The van der Waals surface area contributed by atoms with Crippen LogP contribution in [0, 0.1) is 0 Å². The van der Waals surface area contributed by atoms with Gasteiger partial charge < -0.3 is 9.72 Å². The van der Waals surface area contributed by atoms with Crippen LogP contribution in [0.4, 0.5) is 13.2 Å². The number of hydrogen-bond donors (Lipinski definition) is 1. The van der Waals surface area contributed by atoms with Crippen LogP contribution in [0.15, 0.2) is 71.8 Å². The highest BCUT2D eigenvalue weighted by molar-refractivity contribution is 5.81. The molecule has 142 valence electrons. The van der Waals surface area contributed by atoms with Crippen LogP contribution in [0.3, 0.4) is 0 Å². The van der Waals surface area contributed by atoms with Gasteiger partial charge in [0.15, 0.2) is 5.43 Å². The topological polar surface area (TPSA) is 59.9 Å². The molecule has 0 bridgehead atoms. The second-order valence-corrected chi connectivity index (χ2v) is 6.21. The number of halogens is 3. The minimum Gasteiger partial charge on any atom is -0.406 e. The van der Waals surface area contributed by atoms with Gasteiger partial charge >= 0.3 is 6.36 Å². The number of pyridine rings is 1. The first-order valence-corrected chi connectivity index (χ1v) is 8.37. The van der Waals surface area contributed by atoms with Gasteiger partial charge in [-0.25, -0.2) is 0 Å². The first-order valence-electron chi connectivity index (χ1n) is 8.37. The van der Waals surface area contributed by atoms with Gasteiger partial charge in [0.25, 0.3) is 0 Å². The molecule has 1 N–H and O–H groups in total. The van der Waals surface area contributed by atoms with E-state index < -0.39 is 6.36 Å². The normalized spacial score (nSPS) is 11.7. The first kappa shape index (κ1) is 17.8. The Kier molecular flexibility index (Phi) is 4.38. The van der Waals surface area contributed by atoms with E-state index in [0.29, 0.717) is 17.6 Å². The molecule has 4 rings (SSSR count). The number of rotatable bonds is 4. The highest BCUT2D eigenvalue weighted by atomic mass is 19.4. The maximum absolute atomic E-state index is 12.3. The number of ether oxygens (including phenoxy) is 1. The molecular formula is C20H14F3N3O2. The Morgan fingerprint density at radius 3 is 2.57 bits per heavy atom. The Hall–Kier alpha value is -3.55. The van der Waals surface area contributed by atoms with Crippen LogP contribution in [-0.2, 0) is 6.54 Å². The number of hydrogen-bond acceptors (Lipinski definition) is 3. The zero-order chi connectivity index (χ0) is 19.7. The first-order chi connectivity index (χ1) is 13.4. The molecule has 2 aromatic carbocycles. The standard InChI is InChI=1S/C20H14F3N3O2/c21-20(22,23)28-15-7-5-13(6-8-15)11-26-12-14(10-24-26)18-9-19(27)16-3-1-2-4-17(16)25-18/h1-10,12H,11H2,(H,25,27). The third-order valence-electron chi connectivity index (χ3n) is 4.18. The Labute approximate surface area is 157 Å². The molecule has 28 heavy (non-hydrogen) atoms. The molecule has 0 saturated carbocycles. The van der Waals surface area contributed by atoms with Gasteiger partial charge in [0.1, 0.15) is 5.75 Å². The second-order valence-electron chi connectivity index (χ2n) is 6.21. The summed E-state index contributed by atoms with van der Waals surface area (Å²) in [5.74, 6) is -0.272. The molecule has 0 aliphatic heterocycles. The summed E-state index contributed by atoms with van der Waals surface area (Å²) in [5, 5.41) is 4.87. The van der Waals surface area contributed by atoms with Crippen LogP contribution in [0.5, 0.6) is 5.75 Å². The lowest BCUT2D eigenvalue weighted by molar-refractivity contribution is -0.274. The Morgan fingerprint density at radius 1 is 1.07 bits per heavy atom. The summed E-state index contributed by atoms with van der Waals surface area (Å²) in [6.07, 6.45) is -1.32. The van der Waals surface area contributed by atoms with E-state index in [9.17, 15) is 18.0 Å². The summed E-state index contributed by atoms with van der Waals surface area (Å²) in [5.41, 5.74) is 2.79. The maximum atomic E-state index is 12.3. The summed E-state index contributed by atoms with van der Waals surface area (Å²) >= 11 is 0. The minimum atomic E-state index is -4.71. The summed E-state index contributed by atoms with van der Waals surface area (Å²) < 4.78 is 42.2. The van der Waals surface area contributed by atoms with E-state index in [-0.39, 0.29) is 11.2 Å². The third kappa shape index (κ3) is 3.90. The molecule has 0 spiro atoms. The van der Waals surface area contributed by atoms with E-state index in [4.69, 9.17) is 0 Å². The molecular weight excluding hydrogens is 371 g/mol. The van der Waals surface area contributed by atoms with Gasteiger partial charge in [-0.15, -0.1) is 13.2 Å². The number of aromatic amines is 1. The number of aromatic nitrogens is 3. The molecule has 2 aromatic heterocycles. The van der Waals surface area contributed by atoms with Gasteiger partial charge in [-0.3, -0.25) is 9.48 Å². The fourth-order valence-electron chi connectivity index (χ4n) is 2.93. The predicted octanol–water partition coefficient (Wildman–Crippen LogP) is 4.34. The summed E-state index contributed by atoms with van der Waals surface area (Å²) in [7, 11) is 0. The highest BCUT2D eigenvalue weighted by Crippen LogP contribution is 2.23. The predicted molar refractivity (Wildman–Crippen MR) is 98.0 cm³/mol. The molecule has 0 aliphatic rings. The molecule has 4 aromatic rings. The lowest BCUT2D eigenvalue weighted by atomic mass is 10.1. The van der Waals surface area contributed by atoms with Gasteiger partial charge in [-0.1, -0.05) is 24.3 Å². The van der Waals surface area contributed by atoms with Crippen molar-refractivity contribution in [1.29, 1.82) is 0 Å². The molecule has 0 saturated heterocycles. The quantitative estimate of drug-likeness (QED) is 0.569. The average Bonchev–Trinajstić information content (AvgIpc) is 3.11. The molecule has 0 fully saturated rings. The number of fused-ring (bicyclic) bond motifs is 1. The van der Waals surface area contributed by atoms with Crippen LogP contribution in [0.2, 0.25) is 0 Å². The molecule has 0 unspecified atom stereocenters. The monoisotopic (exact) mass is 385 g/mol. The van der Waals surface area contributed by atoms with Crippen molar-refractivity contribution in [2.24, 2.45) is 0 Å². The number of alkyl halides is 3. The Morgan fingerprint density at radius 2 is 1.82 bits per heavy atom. The van der Waals surface area contributed by atoms with E-state index in [1.807, 2.05) is 12.1 Å². The zero-order valence-electron chi connectivity index (χ0n) is 14.4. The van der Waals surface area contributed by atoms with Crippen LogP contribution in [0.25, 0.3) is 22.2 Å². The van der Waals surface area contributed by atoms with E-state index in [1.165, 1.54) is 18.2 Å². The number of para-hydroxylation sites is 1. The number of benzene rings is 2. The summed E-state index contributed by atoms with van der Waals surface area (Å²) in [6.45, 7) is 0.365. The van der Waals surface area contributed by atoms with Crippen LogP contribution in [-0.4, -0.2) is 21.1 Å². The summed E-state index contributed by atoms with van der Waals surface area (Å²) in [6, 6.07) is 14.4. The molecule has 0 atom stereocenters. The van der Waals surface area contributed by atoms with Crippen molar-refractivity contribution < 1.29 is 17.9 Å². The third-order valence-corrected chi connectivity index (χ3v) is 4.18. The van der Waals surface area contributed by atoms with E-state index in [0.717, 1.165) is 16.6 Å². The van der Waals surface area contributed by atoms with Crippen molar-refractivity contribution in [3.63, 3.8) is 0 Å². The van der Waals surface area contributed by atoms with Crippen molar-refractivity contribution in [2.45, 2.75) is 12.9 Å². The largest absolute Gasteiger partial charge is 0.573 e. The highest BCUT2D eigenvalue weighted by Gasteiger charge is 2.30. The fourth-order valence-corrected chi connectivity index (χ4v) is 2.93. The summed E-state index contributed by atoms with van der Waals surface area (Å²) in [4.78, 5) is 15.5. The number of H-pyrrole nitrogens is 1. The van der Waals surface area contributed by atoms with E-state index in [2.05, 4.69) is 14.8 Å². The van der Waals surface area contributed by atoms with Crippen LogP contribution < -0.4 is 10.2 Å². The van der Waals surface area contributed by atoms with Crippen LogP contribution in [0.1, 0.15) is 5.56 Å². The van der Waals surface area contributed by atoms with Crippen molar-refractivity contribution in [1.82, 2.24) is 14.8 Å². The van der Waals surface area contributed by atoms with Gasteiger partial charge in [0.2, 0.25) is 0 Å². The van der Waals surface area contributed by atoms with Gasteiger partial charge in [0.05, 0.1) is 18.4 Å². The van der Waals surface area contributed by atoms with Gasteiger partial charge in [0, 0.05) is 28.7 Å². The smallest absolute Gasteiger partial charge is 0.406 e. The van der Waals surface area contributed by atoms with E-state index in [1.54, 1.807) is 41.3 Å². The molecule has 0 amide bonds. The van der Waals surface area contributed by atoms with Crippen molar-refractivity contribution in [3.8, 4) is 17.0 Å². The SMILES string of the molecule is O=c1cc(-c2cnn(Cc3ccc(OC(F)(F)F)cc3)c2)[nH]c2ccccc12. The lowest BCUT2D eigenvalue weighted by Crippen LogP contribution is -2.17. The Balaban J connectivity index is 1.54. The molecule has 0 aliphatic carbocycles. The molecule has 2 heterocycles. The maximum Gasteiger partial charge on any atom is 0.573 e. The van der Waals surface area contributed by atoms with Crippen LogP contribution >= 0.6 is 0 Å². The lowest BCUT2D eigenvalue weighted by Gasteiger charge is -2.09. The fraction of sp³-hybridized carbons (Fsp3) is 0.100. The van der Waals surface area contributed by atoms with Gasteiger partial charge in [-0.2, -0.15) is 5.10 Å². The molecule has 0 radical (unpaired) electrons. The molecule has 8 heteroatoms. The minimum absolute atomic E-state index is 0.0858. The average molecular weight is 385 g/mol. The number of nitrogens with zero attached hydrogens (tertiary/aromatic N) is 2. The Bertz CT molecular complexity index is 1180.